The number of aryl methyl sites for hydroxylation is 1. The molecule has 0 aromatic carbocycles. The molecule has 0 bridgehead atoms. The van der Waals surface area contributed by atoms with Crippen molar-refractivity contribution in [2.45, 2.75) is 12.1 Å². The van der Waals surface area contributed by atoms with Gasteiger partial charge in [-0.2, -0.15) is 5.10 Å². The average molecular weight is 292 g/mol. The van der Waals surface area contributed by atoms with E-state index in [1.54, 1.807) is 6.07 Å². The highest BCUT2D eigenvalue weighted by molar-refractivity contribution is 7.98. The van der Waals surface area contributed by atoms with Crippen molar-refractivity contribution >= 4 is 47.4 Å². The van der Waals surface area contributed by atoms with E-state index in [0.717, 1.165) is 5.69 Å². The summed E-state index contributed by atoms with van der Waals surface area (Å²) >= 11 is 7.31. The maximum atomic E-state index is 5.87. The molecule has 8 heteroatoms. The summed E-state index contributed by atoms with van der Waals surface area (Å²) in [6, 6.07) is 3.54. The molecule has 0 aliphatic carbocycles. The van der Waals surface area contributed by atoms with Gasteiger partial charge in [0.15, 0.2) is 11.0 Å². The molecule has 2 rings (SSSR count). The summed E-state index contributed by atoms with van der Waals surface area (Å²) in [4.78, 5) is 8.31. The van der Waals surface area contributed by atoms with Crippen LogP contribution in [-0.4, -0.2) is 26.4 Å². The number of hydrogen-bond donors (Lipinski definition) is 2. The minimum absolute atomic E-state index is 0. The third-order valence-electron chi connectivity index (χ3n) is 1.82. The molecule has 2 N–H and O–H groups in total. The van der Waals surface area contributed by atoms with Gasteiger partial charge in [0.2, 0.25) is 0 Å². The number of anilines is 2. The highest BCUT2D eigenvalue weighted by Crippen LogP contribution is 2.19. The Balaban J connectivity index is 0.00000144. The molecule has 0 unspecified atom stereocenters. The fraction of sp³-hybridized carbons (Fsp3) is 0.222. The topological polar surface area (TPSA) is 66.5 Å². The SMILES string of the molecule is CSc1nc(Cl)cc(Nc2cc(C)[nH]n2)n1.Cl. The summed E-state index contributed by atoms with van der Waals surface area (Å²) in [5.41, 5.74) is 0.979. The summed E-state index contributed by atoms with van der Waals surface area (Å²) in [6.45, 7) is 1.93. The molecule has 92 valence electrons. The number of nitrogens with one attached hydrogen (secondary N) is 2. The zero-order valence-electron chi connectivity index (χ0n) is 9.19. The van der Waals surface area contributed by atoms with E-state index in [9.17, 15) is 0 Å². The first-order valence-electron chi connectivity index (χ1n) is 4.55. The van der Waals surface area contributed by atoms with Crippen molar-refractivity contribution in [1.82, 2.24) is 20.2 Å². The molecular formula is C9H11Cl2N5S. The lowest BCUT2D eigenvalue weighted by molar-refractivity contribution is 0.972. The van der Waals surface area contributed by atoms with Gasteiger partial charge in [0.1, 0.15) is 11.0 Å². The third kappa shape index (κ3) is 3.76. The van der Waals surface area contributed by atoms with Crippen molar-refractivity contribution in [3.8, 4) is 0 Å². The Morgan fingerprint density at radius 3 is 2.65 bits per heavy atom. The van der Waals surface area contributed by atoms with Gasteiger partial charge >= 0.3 is 0 Å². The van der Waals surface area contributed by atoms with E-state index < -0.39 is 0 Å². The molecule has 0 radical (unpaired) electrons. The van der Waals surface area contributed by atoms with Crippen molar-refractivity contribution in [2.24, 2.45) is 0 Å². The van der Waals surface area contributed by atoms with Gasteiger partial charge in [-0.3, -0.25) is 5.10 Å². The van der Waals surface area contributed by atoms with Gasteiger partial charge in [0.25, 0.3) is 0 Å². The fourth-order valence-corrected chi connectivity index (χ4v) is 1.78. The van der Waals surface area contributed by atoms with Crippen molar-refractivity contribution in [3.63, 3.8) is 0 Å². The second kappa shape index (κ2) is 6.09. The molecule has 0 spiro atoms. The molecule has 0 aliphatic heterocycles. The molecule has 2 heterocycles. The van der Waals surface area contributed by atoms with Crippen LogP contribution in [0.5, 0.6) is 0 Å². The molecule has 2 aromatic rings. The zero-order valence-corrected chi connectivity index (χ0v) is 11.6. The van der Waals surface area contributed by atoms with Gasteiger partial charge in [-0.25, -0.2) is 9.97 Å². The quantitative estimate of drug-likeness (QED) is 0.517. The van der Waals surface area contributed by atoms with E-state index in [2.05, 4.69) is 25.5 Å². The van der Waals surface area contributed by atoms with E-state index in [1.165, 1.54) is 11.8 Å². The van der Waals surface area contributed by atoms with Crippen LogP contribution in [0.3, 0.4) is 0 Å². The second-order valence-corrected chi connectivity index (χ2v) is 4.28. The number of aromatic nitrogens is 4. The lowest BCUT2D eigenvalue weighted by Crippen LogP contribution is -1.96. The molecular weight excluding hydrogens is 281 g/mol. The van der Waals surface area contributed by atoms with E-state index in [-0.39, 0.29) is 12.4 Å². The van der Waals surface area contributed by atoms with Crippen LogP contribution in [0.25, 0.3) is 0 Å². The van der Waals surface area contributed by atoms with E-state index in [4.69, 9.17) is 11.6 Å². The van der Waals surface area contributed by atoms with Crippen LogP contribution in [0, 0.1) is 6.92 Å². The van der Waals surface area contributed by atoms with Gasteiger partial charge in [0, 0.05) is 17.8 Å². The Morgan fingerprint density at radius 2 is 2.06 bits per heavy atom. The van der Waals surface area contributed by atoms with Gasteiger partial charge in [-0.1, -0.05) is 23.4 Å². The fourth-order valence-electron chi connectivity index (χ4n) is 1.17. The lowest BCUT2D eigenvalue weighted by atomic mass is 10.4. The molecule has 0 saturated heterocycles. The second-order valence-electron chi connectivity index (χ2n) is 3.12. The Morgan fingerprint density at radius 1 is 1.29 bits per heavy atom. The highest BCUT2D eigenvalue weighted by Gasteiger charge is 2.04. The maximum absolute atomic E-state index is 5.87. The maximum Gasteiger partial charge on any atom is 0.190 e. The normalized spacial score (nSPS) is 9.82. The summed E-state index contributed by atoms with van der Waals surface area (Å²) in [7, 11) is 0. The van der Waals surface area contributed by atoms with Gasteiger partial charge in [0.05, 0.1) is 0 Å². The molecule has 5 nitrogen and oxygen atoms in total. The van der Waals surface area contributed by atoms with Gasteiger partial charge in [-0.15, -0.1) is 12.4 Å². The Labute approximate surface area is 114 Å². The number of nitrogens with zero attached hydrogens (tertiary/aromatic N) is 3. The van der Waals surface area contributed by atoms with Crippen LogP contribution >= 0.6 is 35.8 Å². The van der Waals surface area contributed by atoms with Crippen LogP contribution in [0.4, 0.5) is 11.6 Å². The summed E-state index contributed by atoms with van der Waals surface area (Å²) in [5.74, 6) is 1.34. The number of hydrogen-bond acceptors (Lipinski definition) is 5. The van der Waals surface area contributed by atoms with Crippen molar-refractivity contribution < 1.29 is 0 Å². The van der Waals surface area contributed by atoms with Crippen LogP contribution in [0.1, 0.15) is 5.69 Å². The number of aromatic amines is 1. The first-order valence-corrected chi connectivity index (χ1v) is 6.15. The first kappa shape index (κ1) is 14.1. The number of halogens is 2. The Hall–Kier alpha value is -0.980. The summed E-state index contributed by atoms with van der Waals surface area (Å²) < 4.78 is 0. The van der Waals surface area contributed by atoms with Gasteiger partial charge in [-0.05, 0) is 13.2 Å². The average Bonchev–Trinajstić information content (AvgIpc) is 2.63. The number of thioether (sulfide) groups is 1. The van der Waals surface area contributed by atoms with Crippen LogP contribution in [0.15, 0.2) is 17.3 Å². The smallest absolute Gasteiger partial charge is 0.190 e. The molecule has 0 saturated carbocycles. The van der Waals surface area contributed by atoms with Gasteiger partial charge < -0.3 is 5.32 Å². The Bertz CT molecular complexity index is 502. The predicted molar refractivity (Wildman–Crippen MR) is 72.7 cm³/mol. The van der Waals surface area contributed by atoms with E-state index >= 15 is 0 Å². The molecule has 0 atom stereocenters. The molecule has 2 aromatic heterocycles. The van der Waals surface area contributed by atoms with Crippen molar-refractivity contribution in [2.75, 3.05) is 11.6 Å². The van der Waals surface area contributed by atoms with Crippen molar-refractivity contribution in [3.05, 3.63) is 23.0 Å². The number of rotatable bonds is 3. The minimum atomic E-state index is 0. The van der Waals surface area contributed by atoms with Crippen LogP contribution < -0.4 is 5.32 Å². The summed E-state index contributed by atoms with van der Waals surface area (Å²) in [5, 5.41) is 11.0. The zero-order chi connectivity index (χ0) is 11.5. The molecule has 17 heavy (non-hydrogen) atoms. The Kier molecular flexibility index (Phi) is 5.04. The van der Waals surface area contributed by atoms with Crippen LogP contribution in [-0.2, 0) is 0 Å². The highest BCUT2D eigenvalue weighted by atomic mass is 35.5. The largest absolute Gasteiger partial charge is 0.323 e. The molecule has 0 fully saturated rings. The predicted octanol–water partition coefficient (Wildman–Crippen LogP) is 3.05. The van der Waals surface area contributed by atoms with E-state index in [1.807, 2.05) is 19.2 Å². The monoisotopic (exact) mass is 291 g/mol. The lowest BCUT2D eigenvalue weighted by Gasteiger charge is -2.03. The number of H-pyrrole nitrogens is 1. The minimum Gasteiger partial charge on any atom is -0.323 e. The van der Waals surface area contributed by atoms with Crippen LogP contribution in [0.2, 0.25) is 5.15 Å². The molecule has 0 amide bonds. The third-order valence-corrected chi connectivity index (χ3v) is 2.56. The summed E-state index contributed by atoms with van der Waals surface area (Å²) in [6.07, 6.45) is 1.90. The van der Waals surface area contributed by atoms with Crippen molar-refractivity contribution in [1.29, 1.82) is 0 Å². The van der Waals surface area contributed by atoms with E-state index in [0.29, 0.717) is 21.9 Å². The first-order chi connectivity index (χ1) is 7.67. The standard InChI is InChI=1S/C9H10ClN5S.ClH/c1-5-3-8(15-14-5)12-7-4-6(10)11-9(13-7)16-2;/h3-4H,1-2H3,(H2,11,12,13,14,15);1H. The molecule has 0 aliphatic rings.